The van der Waals surface area contributed by atoms with Crippen molar-refractivity contribution in [1.82, 2.24) is 15.0 Å². The van der Waals surface area contributed by atoms with Gasteiger partial charge in [-0.2, -0.15) is 0 Å². The smallest absolute Gasteiger partial charge is 0.250 e. The fourth-order valence-corrected chi connectivity index (χ4v) is 1.98. The molecular weight excluding hydrogens is 228 g/mol. The monoisotopic (exact) mass is 238 g/mol. The highest BCUT2D eigenvalue weighted by Crippen LogP contribution is 2.26. The van der Waals surface area contributed by atoms with Crippen LogP contribution in [0.25, 0.3) is 22.0 Å². The molecule has 3 rings (SSSR count). The molecule has 0 radical (unpaired) electrons. The van der Waals surface area contributed by atoms with Gasteiger partial charge in [-0.25, -0.2) is 9.97 Å². The molecule has 5 nitrogen and oxygen atoms in total. The number of fused-ring (bicyclic) bond motifs is 1. The van der Waals surface area contributed by atoms with Gasteiger partial charge >= 0.3 is 0 Å². The van der Waals surface area contributed by atoms with E-state index in [0.29, 0.717) is 5.56 Å². The fraction of sp³-hybridized carbons (Fsp3) is 0. The fourth-order valence-electron chi connectivity index (χ4n) is 1.98. The maximum Gasteiger partial charge on any atom is 0.250 e. The Kier molecular flexibility index (Phi) is 2.30. The number of rotatable bonds is 2. The van der Waals surface area contributed by atoms with Crippen molar-refractivity contribution in [3.05, 3.63) is 48.7 Å². The van der Waals surface area contributed by atoms with E-state index in [1.807, 2.05) is 12.1 Å². The average molecular weight is 238 g/mol. The molecule has 3 N–H and O–H groups in total. The van der Waals surface area contributed by atoms with E-state index in [0.717, 1.165) is 22.0 Å². The van der Waals surface area contributed by atoms with Crippen molar-refractivity contribution >= 4 is 16.8 Å². The van der Waals surface area contributed by atoms with E-state index >= 15 is 0 Å². The molecule has 0 atom stereocenters. The van der Waals surface area contributed by atoms with Crippen molar-refractivity contribution in [3.63, 3.8) is 0 Å². The highest BCUT2D eigenvalue weighted by atomic mass is 16.1. The Hall–Kier alpha value is -2.69. The zero-order valence-electron chi connectivity index (χ0n) is 9.42. The van der Waals surface area contributed by atoms with Crippen LogP contribution >= 0.6 is 0 Å². The van der Waals surface area contributed by atoms with Crippen LogP contribution in [0.1, 0.15) is 10.4 Å². The van der Waals surface area contributed by atoms with Crippen molar-refractivity contribution in [2.24, 2.45) is 5.73 Å². The first kappa shape index (κ1) is 10.5. The van der Waals surface area contributed by atoms with E-state index in [2.05, 4.69) is 15.0 Å². The molecule has 0 aliphatic carbocycles. The number of aromatic amines is 1. The van der Waals surface area contributed by atoms with Crippen LogP contribution in [0.15, 0.2) is 43.1 Å². The largest absolute Gasteiger partial charge is 0.366 e. The molecule has 0 saturated heterocycles. The van der Waals surface area contributed by atoms with Crippen molar-refractivity contribution in [3.8, 4) is 11.1 Å². The van der Waals surface area contributed by atoms with Gasteiger partial charge in [0.15, 0.2) is 0 Å². The van der Waals surface area contributed by atoms with Crippen molar-refractivity contribution < 1.29 is 4.79 Å². The van der Waals surface area contributed by atoms with Gasteiger partial charge in [-0.1, -0.05) is 0 Å². The highest BCUT2D eigenvalue weighted by molar-refractivity contribution is 6.06. The molecule has 0 spiro atoms. The van der Waals surface area contributed by atoms with E-state index in [4.69, 9.17) is 5.73 Å². The maximum absolute atomic E-state index is 11.5. The first-order valence-corrected chi connectivity index (χ1v) is 5.42. The third-order valence-corrected chi connectivity index (χ3v) is 2.82. The third kappa shape index (κ3) is 1.62. The van der Waals surface area contributed by atoms with Gasteiger partial charge in [0, 0.05) is 29.5 Å². The lowest BCUT2D eigenvalue weighted by Gasteiger charge is -2.04. The third-order valence-electron chi connectivity index (χ3n) is 2.82. The number of hydrogen-bond donors (Lipinski definition) is 2. The summed E-state index contributed by atoms with van der Waals surface area (Å²) in [5, 5.41) is 0.935. The predicted octanol–water partition coefficient (Wildman–Crippen LogP) is 1.72. The summed E-state index contributed by atoms with van der Waals surface area (Å²) in [6, 6.07) is 5.62. The van der Waals surface area contributed by atoms with Crippen molar-refractivity contribution in [1.29, 1.82) is 0 Å². The molecule has 1 amide bonds. The summed E-state index contributed by atoms with van der Waals surface area (Å²) < 4.78 is 0. The summed E-state index contributed by atoms with van der Waals surface area (Å²) in [5.74, 6) is -0.457. The molecule has 3 aromatic rings. The summed E-state index contributed by atoms with van der Waals surface area (Å²) in [6.07, 6.45) is 6.65. The van der Waals surface area contributed by atoms with Gasteiger partial charge in [-0.15, -0.1) is 0 Å². The topological polar surface area (TPSA) is 84.7 Å². The number of carbonyl (C=O) groups is 1. The summed E-state index contributed by atoms with van der Waals surface area (Å²) in [5.41, 5.74) is 8.34. The minimum absolute atomic E-state index is 0.457. The van der Waals surface area contributed by atoms with Gasteiger partial charge in [0.25, 0.3) is 5.91 Å². The normalized spacial score (nSPS) is 10.7. The Morgan fingerprint density at radius 1 is 1.17 bits per heavy atom. The Morgan fingerprint density at radius 2 is 1.94 bits per heavy atom. The second-order valence-electron chi connectivity index (χ2n) is 3.96. The van der Waals surface area contributed by atoms with Gasteiger partial charge in [-0.3, -0.25) is 4.79 Å². The first-order chi connectivity index (χ1) is 8.75. The van der Waals surface area contributed by atoms with Crippen LogP contribution in [-0.2, 0) is 0 Å². The van der Waals surface area contributed by atoms with Crippen molar-refractivity contribution in [2.75, 3.05) is 0 Å². The minimum Gasteiger partial charge on any atom is -0.366 e. The van der Waals surface area contributed by atoms with Crippen LogP contribution < -0.4 is 5.73 Å². The molecule has 5 heteroatoms. The highest BCUT2D eigenvalue weighted by Gasteiger charge is 2.11. The molecule has 0 fully saturated rings. The summed E-state index contributed by atoms with van der Waals surface area (Å²) in [6.45, 7) is 0. The molecule has 2 heterocycles. The quantitative estimate of drug-likeness (QED) is 0.712. The summed E-state index contributed by atoms with van der Waals surface area (Å²) in [7, 11) is 0. The zero-order chi connectivity index (χ0) is 12.5. The summed E-state index contributed by atoms with van der Waals surface area (Å²) in [4.78, 5) is 22.4. The van der Waals surface area contributed by atoms with E-state index in [1.54, 1.807) is 24.7 Å². The maximum atomic E-state index is 11.5. The number of nitrogens with two attached hydrogens (primary N) is 1. The number of hydrogen-bond acceptors (Lipinski definition) is 3. The first-order valence-electron chi connectivity index (χ1n) is 5.42. The lowest BCUT2D eigenvalue weighted by Crippen LogP contribution is -2.11. The number of amides is 1. The number of nitrogens with zero attached hydrogens (tertiary/aromatic N) is 2. The van der Waals surface area contributed by atoms with E-state index in [1.165, 1.54) is 6.33 Å². The number of aromatic nitrogens is 3. The molecule has 18 heavy (non-hydrogen) atoms. The molecule has 0 bridgehead atoms. The van der Waals surface area contributed by atoms with E-state index in [-0.39, 0.29) is 0 Å². The van der Waals surface area contributed by atoms with Crippen LogP contribution in [0.5, 0.6) is 0 Å². The van der Waals surface area contributed by atoms with Crippen LogP contribution in [0, 0.1) is 0 Å². The SMILES string of the molecule is NC(=O)c1cc(-c2cncnc2)cc2cc[nH]c12. The van der Waals surface area contributed by atoms with Crippen LogP contribution in [-0.4, -0.2) is 20.9 Å². The molecule has 88 valence electrons. The number of nitrogens with one attached hydrogen (secondary N) is 1. The van der Waals surface area contributed by atoms with E-state index in [9.17, 15) is 4.79 Å². The van der Waals surface area contributed by atoms with Gasteiger partial charge in [0.1, 0.15) is 6.33 Å². The second kappa shape index (κ2) is 3.96. The second-order valence-corrected chi connectivity index (χ2v) is 3.96. The van der Waals surface area contributed by atoms with Gasteiger partial charge in [-0.05, 0) is 23.8 Å². The predicted molar refractivity (Wildman–Crippen MR) is 67.8 cm³/mol. The average Bonchev–Trinajstić information content (AvgIpc) is 2.86. The molecule has 1 aromatic carbocycles. The van der Waals surface area contributed by atoms with Crippen LogP contribution in [0.4, 0.5) is 0 Å². The Balaban J connectivity index is 2.29. The zero-order valence-corrected chi connectivity index (χ0v) is 9.42. The Labute approximate surface area is 103 Å². The van der Waals surface area contributed by atoms with Gasteiger partial charge in [0.05, 0.1) is 11.1 Å². The molecule has 0 unspecified atom stereocenters. The van der Waals surface area contributed by atoms with Gasteiger partial charge < -0.3 is 10.7 Å². The molecule has 0 saturated carbocycles. The van der Waals surface area contributed by atoms with Crippen molar-refractivity contribution in [2.45, 2.75) is 0 Å². The lowest BCUT2D eigenvalue weighted by atomic mass is 10.0. The number of carbonyl (C=O) groups excluding carboxylic acids is 1. The summed E-state index contributed by atoms with van der Waals surface area (Å²) >= 11 is 0. The number of benzene rings is 1. The van der Waals surface area contributed by atoms with E-state index < -0.39 is 5.91 Å². The van der Waals surface area contributed by atoms with Crippen LogP contribution in [0.3, 0.4) is 0 Å². The lowest BCUT2D eigenvalue weighted by molar-refractivity contribution is 0.100. The molecule has 0 aliphatic rings. The molecule has 0 aliphatic heterocycles. The van der Waals surface area contributed by atoms with Crippen LogP contribution in [0.2, 0.25) is 0 Å². The Morgan fingerprint density at radius 3 is 2.67 bits per heavy atom. The number of H-pyrrole nitrogens is 1. The molecular formula is C13H10N4O. The minimum atomic E-state index is -0.457. The van der Waals surface area contributed by atoms with Gasteiger partial charge in [0.2, 0.25) is 0 Å². The standard InChI is InChI=1S/C13H10N4O/c14-13(18)11-4-9(10-5-15-7-16-6-10)3-8-1-2-17-12(8)11/h1-7,17H,(H2,14,18). The number of primary amides is 1. The molecule has 2 aromatic heterocycles. The Bertz CT molecular complexity index is 718.